The number of hydrogen-bond acceptors (Lipinski definition) is 2. The monoisotopic (exact) mass is 261 g/mol. The summed E-state index contributed by atoms with van der Waals surface area (Å²) in [5.41, 5.74) is 2.07. The van der Waals surface area contributed by atoms with Crippen molar-refractivity contribution in [2.45, 2.75) is 25.4 Å². The highest BCUT2D eigenvalue weighted by atomic mass is 35.5. The van der Waals surface area contributed by atoms with E-state index in [2.05, 4.69) is 4.98 Å². The van der Waals surface area contributed by atoms with Gasteiger partial charge in [-0.05, 0) is 31.0 Å². The van der Waals surface area contributed by atoms with Crippen molar-refractivity contribution in [3.8, 4) is 0 Å². The second-order valence-electron chi connectivity index (χ2n) is 4.43. The molecule has 0 aliphatic carbocycles. The smallest absolute Gasteiger partial charge is 0.0589 e. The van der Waals surface area contributed by atoms with E-state index in [9.17, 15) is 5.11 Å². The SMILES string of the molecule is C[C@@H](O)[C@@H](Cc1ccc(Cl)cn1)c1ccccc1. The topological polar surface area (TPSA) is 33.1 Å². The fraction of sp³-hybridized carbons (Fsp3) is 0.267. The molecule has 0 aliphatic rings. The highest BCUT2D eigenvalue weighted by Crippen LogP contribution is 2.24. The number of benzene rings is 1. The predicted molar refractivity (Wildman–Crippen MR) is 73.8 cm³/mol. The molecule has 2 atom stereocenters. The predicted octanol–water partition coefficient (Wildman–Crippen LogP) is 3.44. The zero-order valence-corrected chi connectivity index (χ0v) is 11.0. The molecule has 0 bridgehead atoms. The van der Waals surface area contributed by atoms with Crippen LogP contribution < -0.4 is 0 Å². The van der Waals surface area contributed by atoms with E-state index in [1.54, 1.807) is 6.20 Å². The van der Waals surface area contributed by atoms with Gasteiger partial charge in [-0.25, -0.2) is 0 Å². The summed E-state index contributed by atoms with van der Waals surface area (Å²) in [6.07, 6.45) is 1.93. The molecule has 18 heavy (non-hydrogen) atoms. The lowest BCUT2D eigenvalue weighted by Crippen LogP contribution is -2.17. The maximum absolute atomic E-state index is 9.93. The lowest BCUT2D eigenvalue weighted by atomic mass is 9.90. The number of halogens is 1. The van der Waals surface area contributed by atoms with Gasteiger partial charge in [0.15, 0.2) is 0 Å². The molecule has 2 rings (SSSR count). The van der Waals surface area contributed by atoms with Crippen molar-refractivity contribution in [1.82, 2.24) is 4.98 Å². The molecule has 2 nitrogen and oxygen atoms in total. The van der Waals surface area contributed by atoms with E-state index in [1.807, 2.05) is 49.4 Å². The van der Waals surface area contributed by atoms with Crippen LogP contribution >= 0.6 is 11.6 Å². The molecule has 0 unspecified atom stereocenters. The van der Waals surface area contributed by atoms with Crippen molar-refractivity contribution >= 4 is 11.6 Å². The van der Waals surface area contributed by atoms with Gasteiger partial charge in [-0.15, -0.1) is 0 Å². The Morgan fingerprint density at radius 1 is 1.17 bits per heavy atom. The lowest BCUT2D eigenvalue weighted by Gasteiger charge is -2.20. The van der Waals surface area contributed by atoms with Crippen molar-refractivity contribution < 1.29 is 5.11 Å². The van der Waals surface area contributed by atoms with Crippen molar-refractivity contribution in [1.29, 1.82) is 0 Å². The third-order valence-electron chi connectivity index (χ3n) is 3.03. The molecule has 3 heteroatoms. The van der Waals surface area contributed by atoms with Crippen molar-refractivity contribution in [3.63, 3.8) is 0 Å². The summed E-state index contributed by atoms with van der Waals surface area (Å²) >= 11 is 5.82. The quantitative estimate of drug-likeness (QED) is 0.915. The maximum Gasteiger partial charge on any atom is 0.0589 e. The fourth-order valence-corrected chi connectivity index (χ4v) is 2.13. The van der Waals surface area contributed by atoms with Crippen LogP contribution in [-0.4, -0.2) is 16.2 Å². The first-order chi connectivity index (χ1) is 8.66. The number of rotatable bonds is 4. The molecule has 0 saturated heterocycles. The van der Waals surface area contributed by atoms with Crippen LogP contribution in [0.5, 0.6) is 0 Å². The van der Waals surface area contributed by atoms with Gasteiger partial charge >= 0.3 is 0 Å². The Morgan fingerprint density at radius 2 is 1.89 bits per heavy atom. The molecule has 94 valence electrons. The number of aliphatic hydroxyl groups is 1. The van der Waals surface area contributed by atoms with Crippen LogP contribution in [0.1, 0.15) is 24.1 Å². The van der Waals surface area contributed by atoms with E-state index in [-0.39, 0.29) is 5.92 Å². The molecule has 2 aromatic rings. The summed E-state index contributed by atoms with van der Waals surface area (Å²) in [4.78, 5) is 4.28. The summed E-state index contributed by atoms with van der Waals surface area (Å²) < 4.78 is 0. The molecule has 0 radical (unpaired) electrons. The van der Waals surface area contributed by atoms with Crippen LogP contribution in [0.2, 0.25) is 5.02 Å². The largest absolute Gasteiger partial charge is 0.393 e. The highest BCUT2D eigenvalue weighted by molar-refractivity contribution is 6.30. The van der Waals surface area contributed by atoms with E-state index in [4.69, 9.17) is 11.6 Å². The van der Waals surface area contributed by atoms with Crippen molar-refractivity contribution in [3.05, 3.63) is 64.9 Å². The van der Waals surface area contributed by atoms with Crippen molar-refractivity contribution in [2.24, 2.45) is 0 Å². The van der Waals surface area contributed by atoms with E-state index in [0.717, 1.165) is 11.3 Å². The maximum atomic E-state index is 9.93. The molecule has 0 fully saturated rings. The minimum Gasteiger partial charge on any atom is -0.393 e. The van der Waals surface area contributed by atoms with Gasteiger partial charge in [-0.3, -0.25) is 4.98 Å². The molecule has 0 saturated carbocycles. The number of hydrogen-bond donors (Lipinski definition) is 1. The van der Waals surface area contributed by atoms with Crippen LogP contribution in [0.15, 0.2) is 48.7 Å². The number of aliphatic hydroxyl groups excluding tert-OH is 1. The molecule has 1 N–H and O–H groups in total. The van der Waals surface area contributed by atoms with Gasteiger partial charge < -0.3 is 5.11 Å². The average molecular weight is 262 g/mol. The normalized spacial score (nSPS) is 14.2. The minimum atomic E-state index is -0.412. The average Bonchev–Trinajstić information content (AvgIpc) is 2.38. The second-order valence-corrected chi connectivity index (χ2v) is 4.87. The van der Waals surface area contributed by atoms with Gasteiger partial charge in [0.2, 0.25) is 0 Å². The molecule has 0 aliphatic heterocycles. The van der Waals surface area contributed by atoms with Crippen molar-refractivity contribution in [2.75, 3.05) is 0 Å². The number of aromatic nitrogens is 1. The van der Waals surface area contributed by atoms with Gasteiger partial charge in [-0.2, -0.15) is 0 Å². The molecule has 1 aromatic carbocycles. The Balaban J connectivity index is 2.19. The first kappa shape index (κ1) is 13.1. The summed E-state index contributed by atoms with van der Waals surface area (Å²) in [6, 6.07) is 13.7. The van der Waals surface area contributed by atoms with E-state index < -0.39 is 6.10 Å². The standard InChI is InChI=1S/C15H16ClNO/c1-11(18)15(12-5-3-2-4-6-12)9-14-8-7-13(16)10-17-14/h2-8,10-11,15,18H,9H2,1H3/t11-,15-/m1/s1. The molecular formula is C15H16ClNO. The number of nitrogens with zero attached hydrogens (tertiary/aromatic N) is 1. The Hall–Kier alpha value is -1.38. The van der Waals surface area contributed by atoms with Crippen LogP contribution in [0, 0.1) is 0 Å². The number of pyridine rings is 1. The zero-order chi connectivity index (χ0) is 13.0. The zero-order valence-electron chi connectivity index (χ0n) is 10.3. The summed E-state index contributed by atoms with van der Waals surface area (Å²) in [6.45, 7) is 1.81. The van der Waals surface area contributed by atoms with E-state index in [0.29, 0.717) is 11.4 Å². The molecule has 1 heterocycles. The van der Waals surface area contributed by atoms with E-state index in [1.165, 1.54) is 0 Å². The van der Waals surface area contributed by atoms with Crippen LogP contribution in [0.4, 0.5) is 0 Å². The summed E-state index contributed by atoms with van der Waals surface area (Å²) in [5, 5.41) is 10.6. The fourth-order valence-electron chi connectivity index (χ4n) is 2.02. The van der Waals surface area contributed by atoms with Gasteiger partial charge in [-0.1, -0.05) is 41.9 Å². The van der Waals surface area contributed by atoms with Gasteiger partial charge in [0.1, 0.15) is 0 Å². The Labute approximate surface area is 112 Å². The van der Waals surface area contributed by atoms with Crippen LogP contribution in [0.25, 0.3) is 0 Å². The third kappa shape index (κ3) is 3.31. The highest BCUT2D eigenvalue weighted by Gasteiger charge is 2.18. The van der Waals surface area contributed by atoms with Gasteiger partial charge in [0.25, 0.3) is 0 Å². The van der Waals surface area contributed by atoms with Gasteiger partial charge in [0.05, 0.1) is 11.1 Å². The Morgan fingerprint density at radius 3 is 2.44 bits per heavy atom. The minimum absolute atomic E-state index is 0.0554. The first-order valence-electron chi connectivity index (χ1n) is 6.00. The van der Waals surface area contributed by atoms with Gasteiger partial charge in [0, 0.05) is 17.8 Å². The Kier molecular flexibility index (Phi) is 4.34. The van der Waals surface area contributed by atoms with E-state index >= 15 is 0 Å². The van der Waals surface area contributed by atoms with Crippen LogP contribution in [-0.2, 0) is 6.42 Å². The molecule has 0 spiro atoms. The summed E-state index contributed by atoms with van der Waals surface area (Å²) in [5.74, 6) is 0.0554. The molecule has 1 aromatic heterocycles. The molecule has 0 amide bonds. The van der Waals surface area contributed by atoms with Crippen LogP contribution in [0.3, 0.4) is 0 Å². The molecular weight excluding hydrogens is 246 g/mol. The first-order valence-corrected chi connectivity index (χ1v) is 6.38. The third-order valence-corrected chi connectivity index (χ3v) is 3.25. The Bertz CT molecular complexity index is 482. The lowest BCUT2D eigenvalue weighted by molar-refractivity contribution is 0.161. The summed E-state index contributed by atoms with van der Waals surface area (Å²) in [7, 11) is 0. The second kappa shape index (κ2) is 5.98.